The minimum absolute atomic E-state index is 0.0174. The van der Waals surface area contributed by atoms with Crippen molar-refractivity contribution >= 4 is 11.9 Å². The van der Waals surface area contributed by atoms with E-state index >= 15 is 0 Å². The summed E-state index contributed by atoms with van der Waals surface area (Å²) in [5, 5.41) is 18.2. The van der Waals surface area contributed by atoms with Crippen LogP contribution in [0.1, 0.15) is 17.3 Å². The normalized spacial score (nSPS) is 17.1. The van der Waals surface area contributed by atoms with Gasteiger partial charge in [0.2, 0.25) is 0 Å². The molecule has 0 radical (unpaired) electrons. The molecule has 0 bridgehead atoms. The van der Waals surface area contributed by atoms with E-state index in [-0.39, 0.29) is 17.6 Å². The lowest BCUT2D eigenvalue weighted by Crippen LogP contribution is -2.53. The molecule has 2 rings (SSSR count). The van der Waals surface area contributed by atoms with Crippen LogP contribution in [0.2, 0.25) is 0 Å². The highest BCUT2D eigenvalue weighted by Crippen LogP contribution is 2.26. The maximum absolute atomic E-state index is 12.0. The highest BCUT2D eigenvalue weighted by atomic mass is 16.4. The molecule has 0 spiro atoms. The Morgan fingerprint density at radius 2 is 2.06 bits per heavy atom. The SMILES string of the molecule is CC(C(=O)O)C1CN(C(=O)c2cccc(O)c2)C1. The molecule has 96 valence electrons. The maximum Gasteiger partial charge on any atom is 0.306 e. The highest BCUT2D eigenvalue weighted by molar-refractivity contribution is 5.95. The van der Waals surface area contributed by atoms with E-state index in [1.807, 2.05) is 0 Å². The van der Waals surface area contributed by atoms with Gasteiger partial charge in [-0.2, -0.15) is 0 Å². The molecular formula is C13H15NO4. The van der Waals surface area contributed by atoms with Gasteiger partial charge in [-0.25, -0.2) is 0 Å². The van der Waals surface area contributed by atoms with Gasteiger partial charge in [0.15, 0.2) is 0 Å². The van der Waals surface area contributed by atoms with Gasteiger partial charge >= 0.3 is 5.97 Å². The Morgan fingerprint density at radius 3 is 2.61 bits per heavy atom. The highest BCUT2D eigenvalue weighted by Gasteiger charge is 2.37. The maximum atomic E-state index is 12.0. The number of amides is 1. The molecule has 1 unspecified atom stereocenters. The summed E-state index contributed by atoms with van der Waals surface area (Å²) in [5.74, 6) is -1.36. The van der Waals surface area contributed by atoms with E-state index in [9.17, 15) is 14.7 Å². The quantitative estimate of drug-likeness (QED) is 0.843. The van der Waals surface area contributed by atoms with Gasteiger partial charge < -0.3 is 15.1 Å². The molecule has 18 heavy (non-hydrogen) atoms. The van der Waals surface area contributed by atoms with Crippen molar-refractivity contribution in [3.05, 3.63) is 29.8 Å². The lowest BCUT2D eigenvalue weighted by Gasteiger charge is -2.41. The molecule has 1 aromatic rings. The number of carboxylic acids is 1. The second-order valence-electron chi connectivity index (χ2n) is 4.65. The predicted molar refractivity (Wildman–Crippen MR) is 64.3 cm³/mol. The van der Waals surface area contributed by atoms with Crippen molar-refractivity contribution in [3.63, 3.8) is 0 Å². The topological polar surface area (TPSA) is 77.8 Å². The molecule has 1 atom stereocenters. The number of rotatable bonds is 3. The molecule has 0 aliphatic carbocycles. The summed E-state index contributed by atoms with van der Waals surface area (Å²) in [6.45, 7) is 2.58. The van der Waals surface area contributed by atoms with Crippen molar-refractivity contribution in [1.29, 1.82) is 0 Å². The van der Waals surface area contributed by atoms with Crippen LogP contribution in [0.25, 0.3) is 0 Å². The number of benzene rings is 1. The number of phenols is 1. The van der Waals surface area contributed by atoms with E-state index in [0.717, 1.165) is 0 Å². The van der Waals surface area contributed by atoms with Crippen molar-refractivity contribution in [2.75, 3.05) is 13.1 Å². The monoisotopic (exact) mass is 249 g/mol. The van der Waals surface area contributed by atoms with E-state index in [0.29, 0.717) is 18.7 Å². The van der Waals surface area contributed by atoms with E-state index in [4.69, 9.17) is 5.11 Å². The van der Waals surface area contributed by atoms with Crippen molar-refractivity contribution in [2.24, 2.45) is 11.8 Å². The average molecular weight is 249 g/mol. The van der Waals surface area contributed by atoms with Gasteiger partial charge in [0.05, 0.1) is 5.92 Å². The summed E-state index contributed by atoms with van der Waals surface area (Å²) < 4.78 is 0. The fourth-order valence-electron chi connectivity index (χ4n) is 2.02. The van der Waals surface area contributed by atoms with Gasteiger partial charge in [0.1, 0.15) is 5.75 Å². The number of carboxylic acid groups (broad SMARTS) is 1. The van der Waals surface area contributed by atoms with Crippen molar-refractivity contribution in [2.45, 2.75) is 6.92 Å². The van der Waals surface area contributed by atoms with Crippen molar-refractivity contribution < 1.29 is 19.8 Å². The van der Waals surface area contributed by atoms with Crippen molar-refractivity contribution in [1.82, 2.24) is 4.90 Å². The minimum atomic E-state index is -0.829. The Kier molecular flexibility index (Phi) is 3.23. The number of carbonyl (C=O) groups is 2. The Hall–Kier alpha value is -2.04. The first kappa shape index (κ1) is 12.4. The number of aliphatic carboxylic acids is 1. The second kappa shape index (κ2) is 4.68. The average Bonchev–Trinajstić information content (AvgIpc) is 2.26. The molecule has 2 N–H and O–H groups in total. The Labute approximate surface area is 105 Å². The molecule has 1 aliphatic rings. The third-order valence-electron chi connectivity index (χ3n) is 3.39. The standard InChI is InChI=1S/C13H15NO4/c1-8(13(17)18)10-6-14(7-10)12(16)9-3-2-4-11(15)5-9/h2-5,8,10,15H,6-7H2,1H3,(H,17,18). The van der Waals surface area contributed by atoms with E-state index in [1.54, 1.807) is 24.0 Å². The van der Waals surface area contributed by atoms with Gasteiger partial charge in [0, 0.05) is 24.6 Å². The zero-order chi connectivity index (χ0) is 13.3. The fraction of sp³-hybridized carbons (Fsp3) is 0.385. The fourth-order valence-corrected chi connectivity index (χ4v) is 2.02. The number of hydrogen-bond donors (Lipinski definition) is 2. The predicted octanol–water partition coefficient (Wildman–Crippen LogP) is 1.18. The van der Waals surface area contributed by atoms with Crippen LogP contribution in [0.5, 0.6) is 5.75 Å². The van der Waals surface area contributed by atoms with Crippen molar-refractivity contribution in [3.8, 4) is 5.75 Å². The van der Waals surface area contributed by atoms with Crippen LogP contribution in [-0.4, -0.2) is 40.1 Å². The molecule has 1 aliphatic heterocycles. The Bertz CT molecular complexity index is 480. The number of carbonyl (C=O) groups excluding carboxylic acids is 1. The summed E-state index contributed by atoms with van der Waals surface area (Å²) in [6, 6.07) is 6.16. The first-order valence-electron chi connectivity index (χ1n) is 5.80. The molecule has 5 nitrogen and oxygen atoms in total. The van der Waals surface area contributed by atoms with Crippen LogP contribution >= 0.6 is 0 Å². The summed E-state index contributed by atoms with van der Waals surface area (Å²) in [4.78, 5) is 24.4. The molecule has 1 heterocycles. The number of likely N-dealkylation sites (tertiary alicyclic amines) is 1. The summed E-state index contributed by atoms with van der Waals surface area (Å²) in [5.41, 5.74) is 0.427. The van der Waals surface area contributed by atoms with Crippen LogP contribution in [0.3, 0.4) is 0 Å². The first-order valence-corrected chi connectivity index (χ1v) is 5.80. The van der Waals surface area contributed by atoms with Gasteiger partial charge in [-0.1, -0.05) is 13.0 Å². The van der Waals surface area contributed by atoms with E-state index in [1.165, 1.54) is 12.1 Å². The van der Waals surface area contributed by atoms with Crippen LogP contribution in [-0.2, 0) is 4.79 Å². The summed E-state index contributed by atoms with van der Waals surface area (Å²) in [6.07, 6.45) is 0. The lowest BCUT2D eigenvalue weighted by molar-refractivity contribution is -0.144. The summed E-state index contributed by atoms with van der Waals surface area (Å²) >= 11 is 0. The van der Waals surface area contributed by atoms with Crippen LogP contribution < -0.4 is 0 Å². The third-order valence-corrected chi connectivity index (χ3v) is 3.39. The molecule has 1 amide bonds. The molecule has 1 saturated heterocycles. The number of nitrogens with zero attached hydrogens (tertiary/aromatic N) is 1. The van der Waals surface area contributed by atoms with Gasteiger partial charge in [0.25, 0.3) is 5.91 Å². The Morgan fingerprint density at radius 1 is 1.39 bits per heavy atom. The third kappa shape index (κ3) is 2.30. The zero-order valence-corrected chi connectivity index (χ0v) is 10.0. The molecule has 1 fully saturated rings. The molecule has 1 aromatic carbocycles. The van der Waals surface area contributed by atoms with Crippen LogP contribution in [0.4, 0.5) is 0 Å². The van der Waals surface area contributed by atoms with Gasteiger partial charge in [-0.3, -0.25) is 9.59 Å². The Balaban J connectivity index is 1.96. The molecule has 0 aromatic heterocycles. The zero-order valence-electron chi connectivity index (χ0n) is 10.0. The molecule has 5 heteroatoms. The van der Waals surface area contributed by atoms with E-state index < -0.39 is 11.9 Å². The number of aromatic hydroxyl groups is 1. The lowest BCUT2D eigenvalue weighted by atomic mass is 9.86. The van der Waals surface area contributed by atoms with Gasteiger partial charge in [-0.15, -0.1) is 0 Å². The smallest absolute Gasteiger partial charge is 0.306 e. The molecular weight excluding hydrogens is 234 g/mol. The number of phenolic OH excluding ortho intramolecular Hbond substituents is 1. The summed E-state index contributed by atoms with van der Waals surface area (Å²) in [7, 11) is 0. The largest absolute Gasteiger partial charge is 0.508 e. The van der Waals surface area contributed by atoms with Crippen LogP contribution in [0.15, 0.2) is 24.3 Å². The molecule has 0 saturated carbocycles. The first-order chi connectivity index (χ1) is 8.49. The van der Waals surface area contributed by atoms with E-state index in [2.05, 4.69) is 0 Å². The minimum Gasteiger partial charge on any atom is -0.508 e. The van der Waals surface area contributed by atoms with Gasteiger partial charge in [-0.05, 0) is 18.2 Å². The second-order valence-corrected chi connectivity index (χ2v) is 4.65. The van der Waals surface area contributed by atoms with Crippen LogP contribution in [0, 0.1) is 11.8 Å². The number of hydrogen-bond acceptors (Lipinski definition) is 3.